The number of rotatable bonds is 3. The van der Waals surface area contributed by atoms with Crippen LogP contribution in [0, 0.1) is 0 Å². The van der Waals surface area contributed by atoms with Gasteiger partial charge in [0, 0.05) is 12.8 Å². The van der Waals surface area contributed by atoms with Gasteiger partial charge in [-0.25, -0.2) is 8.42 Å². The van der Waals surface area contributed by atoms with Crippen molar-refractivity contribution >= 4 is 9.84 Å². The molecule has 1 N–H and O–H groups in total. The predicted octanol–water partition coefficient (Wildman–Crippen LogP) is 0.426. The average Bonchev–Trinajstić information content (AvgIpc) is 2.84. The highest BCUT2D eigenvalue weighted by Gasteiger charge is 2.37. The fourth-order valence-corrected chi connectivity index (χ4v) is 2.31. The minimum Gasteiger partial charge on any atom is -0.339 e. The molecule has 2 unspecified atom stereocenters. The number of nitrogens with one attached hydrogen (secondary N) is 1. The van der Waals surface area contributed by atoms with E-state index >= 15 is 0 Å². The molecule has 1 aromatic rings. The second-order valence-electron chi connectivity index (χ2n) is 4.92. The Kier molecular flexibility index (Phi) is 2.99. The molecule has 0 aromatic carbocycles. The predicted molar refractivity (Wildman–Crippen MR) is 62.4 cm³/mol. The number of hydrogen-bond donors (Lipinski definition) is 1. The third-order valence-electron chi connectivity index (χ3n) is 3.33. The van der Waals surface area contributed by atoms with Gasteiger partial charge in [-0.15, -0.1) is 0 Å². The van der Waals surface area contributed by atoms with Crippen LogP contribution in [0.2, 0.25) is 0 Å². The maximum absolute atomic E-state index is 11.4. The molecule has 1 saturated heterocycles. The topological polar surface area (TPSA) is 85.1 Å². The molecule has 1 aromatic heterocycles. The SMILES string of the molecule is CC(c1noc(C2(C)CCNC2)n1)S(C)(=O)=O. The van der Waals surface area contributed by atoms with E-state index in [9.17, 15) is 8.42 Å². The minimum atomic E-state index is -3.19. The minimum absolute atomic E-state index is 0.178. The fourth-order valence-electron chi connectivity index (χ4n) is 1.84. The van der Waals surface area contributed by atoms with Crippen molar-refractivity contribution in [2.24, 2.45) is 0 Å². The Morgan fingerprint density at radius 1 is 1.53 bits per heavy atom. The Balaban J connectivity index is 2.27. The molecule has 0 saturated carbocycles. The molecule has 2 heterocycles. The van der Waals surface area contributed by atoms with Crippen LogP contribution in [-0.2, 0) is 15.3 Å². The van der Waals surface area contributed by atoms with Crippen LogP contribution in [0.25, 0.3) is 0 Å². The molecule has 0 bridgehead atoms. The highest BCUT2D eigenvalue weighted by molar-refractivity contribution is 7.90. The quantitative estimate of drug-likeness (QED) is 0.847. The van der Waals surface area contributed by atoms with Gasteiger partial charge in [0.15, 0.2) is 15.7 Å². The van der Waals surface area contributed by atoms with E-state index in [1.165, 1.54) is 6.26 Å². The van der Waals surface area contributed by atoms with Gasteiger partial charge in [-0.1, -0.05) is 5.16 Å². The van der Waals surface area contributed by atoms with Crippen LogP contribution in [0.4, 0.5) is 0 Å². The fraction of sp³-hybridized carbons (Fsp3) is 0.800. The Labute approximate surface area is 101 Å². The van der Waals surface area contributed by atoms with E-state index < -0.39 is 15.1 Å². The van der Waals surface area contributed by atoms with Gasteiger partial charge in [-0.2, -0.15) is 4.98 Å². The molecule has 0 radical (unpaired) electrons. The first-order valence-corrected chi connectivity index (χ1v) is 7.52. The van der Waals surface area contributed by atoms with E-state index in [0.717, 1.165) is 19.5 Å². The van der Waals surface area contributed by atoms with Gasteiger partial charge in [0.1, 0.15) is 5.25 Å². The van der Waals surface area contributed by atoms with Crippen LogP contribution >= 0.6 is 0 Å². The lowest BCUT2D eigenvalue weighted by Crippen LogP contribution is -2.25. The van der Waals surface area contributed by atoms with Crippen molar-refractivity contribution in [1.29, 1.82) is 0 Å². The zero-order valence-electron chi connectivity index (χ0n) is 10.2. The molecule has 7 heteroatoms. The summed E-state index contributed by atoms with van der Waals surface area (Å²) in [6.07, 6.45) is 2.09. The van der Waals surface area contributed by atoms with Gasteiger partial charge in [-0.05, 0) is 26.8 Å². The summed E-state index contributed by atoms with van der Waals surface area (Å²) in [5, 5.41) is 6.29. The molecule has 6 nitrogen and oxygen atoms in total. The molecule has 1 aliphatic rings. The molecule has 0 amide bonds. The first-order chi connectivity index (χ1) is 7.83. The van der Waals surface area contributed by atoms with Crippen LogP contribution in [-0.4, -0.2) is 37.9 Å². The van der Waals surface area contributed by atoms with Crippen molar-refractivity contribution in [2.75, 3.05) is 19.3 Å². The lowest BCUT2D eigenvalue weighted by Gasteiger charge is -2.16. The second-order valence-corrected chi connectivity index (χ2v) is 7.28. The highest BCUT2D eigenvalue weighted by Crippen LogP contribution is 2.30. The molecule has 96 valence electrons. The standard InChI is InChI=1S/C10H17N3O3S/c1-7(17(3,14)15)8-12-9(16-13-8)10(2)4-5-11-6-10/h7,11H,4-6H2,1-3H3. The molecule has 17 heavy (non-hydrogen) atoms. The Morgan fingerprint density at radius 2 is 2.24 bits per heavy atom. The summed E-state index contributed by atoms with van der Waals surface area (Å²) in [5.74, 6) is 0.767. The van der Waals surface area contributed by atoms with Crippen LogP contribution in [0.15, 0.2) is 4.52 Å². The van der Waals surface area contributed by atoms with Crippen molar-refractivity contribution in [1.82, 2.24) is 15.5 Å². The average molecular weight is 259 g/mol. The summed E-state index contributed by atoms with van der Waals surface area (Å²) in [5.41, 5.74) is -0.178. The van der Waals surface area contributed by atoms with Gasteiger partial charge in [-0.3, -0.25) is 0 Å². The molecule has 0 spiro atoms. The lowest BCUT2D eigenvalue weighted by atomic mass is 9.90. The first kappa shape index (κ1) is 12.5. The Bertz CT molecular complexity index is 503. The normalized spacial score (nSPS) is 27.2. The largest absolute Gasteiger partial charge is 0.339 e. The third kappa shape index (κ3) is 2.35. The monoisotopic (exact) mass is 259 g/mol. The van der Waals surface area contributed by atoms with Crippen molar-refractivity contribution in [2.45, 2.75) is 30.9 Å². The van der Waals surface area contributed by atoms with Crippen LogP contribution in [0.3, 0.4) is 0 Å². The summed E-state index contributed by atoms with van der Waals surface area (Å²) in [7, 11) is -3.19. The lowest BCUT2D eigenvalue weighted by molar-refractivity contribution is 0.304. The van der Waals surface area contributed by atoms with Crippen LogP contribution < -0.4 is 5.32 Å². The van der Waals surface area contributed by atoms with Gasteiger partial charge in [0.05, 0.1) is 5.41 Å². The van der Waals surface area contributed by atoms with E-state index in [2.05, 4.69) is 15.5 Å². The van der Waals surface area contributed by atoms with E-state index in [1.807, 2.05) is 6.92 Å². The maximum atomic E-state index is 11.4. The van der Waals surface area contributed by atoms with Crippen molar-refractivity contribution < 1.29 is 12.9 Å². The third-order valence-corrected chi connectivity index (χ3v) is 4.83. The Morgan fingerprint density at radius 3 is 2.76 bits per heavy atom. The number of aromatic nitrogens is 2. The van der Waals surface area contributed by atoms with E-state index in [-0.39, 0.29) is 11.2 Å². The van der Waals surface area contributed by atoms with Gasteiger partial charge in [0.25, 0.3) is 0 Å². The zero-order valence-corrected chi connectivity index (χ0v) is 11.0. The zero-order chi connectivity index (χ0) is 12.7. The molecule has 1 fully saturated rings. The molecule has 2 atom stereocenters. The summed E-state index contributed by atoms with van der Waals surface area (Å²) in [6, 6.07) is 0. The van der Waals surface area contributed by atoms with E-state index in [1.54, 1.807) is 6.92 Å². The molecular weight excluding hydrogens is 242 g/mol. The number of sulfone groups is 1. The number of hydrogen-bond acceptors (Lipinski definition) is 6. The summed E-state index contributed by atoms with van der Waals surface area (Å²) in [4.78, 5) is 4.23. The van der Waals surface area contributed by atoms with Crippen LogP contribution in [0.1, 0.15) is 37.2 Å². The van der Waals surface area contributed by atoms with Gasteiger partial charge < -0.3 is 9.84 Å². The summed E-state index contributed by atoms with van der Waals surface area (Å²) < 4.78 is 28.0. The van der Waals surface area contributed by atoms with Crippen molar-refractivity contribution in [3.8, 4) is 0 Å². The van der Waals surface area contributed by atoms with Crippen LogP contribution in [0.5, 0.6) is 0 Å². The summed E-state index contributed by atoms with van der Waals surface area (Å²) in [6.45, 7) is 5.30. The van der Waals surface area contributed by atoms with Gasteiger partial charge >= 0.3 is 0 Å². The first-order valence-electron chi connectivity index (χ1n) is 5.57. The molecule has 1 aliphatic heterocycles. The second kappa shape index (κ2) is 4.06. The smallest absolute Gasteiger partial charge is 0.233 e. The van der Waals surface area contributed by atoms with Crippen molar-refractivity contribution in [3.63, 3.8) is 0 Å². The highest BCUT2D eigenvalue weighted by atomic mass is 32.2. The molecule has 0 aliphatic carbocycles. The van der Waals surface area contributed by atoms with E-state index in [0.29, 0.717) is 5.89 Å². The number of nitrogens with zero attached hydrogens (tertiary/aromatic N) is 2. The molecule has 2 rings (SSSR count). The van der Waals surface area contributed by atoms with Crippen molar-refractivity contribution in [3.05, 3.63) is 11.7 Å². The molecular formula is C10H17N3O3S. The maximum Gasteiger partial charge on any atom is 0.233 e. The Hall–Kier alpha value is -0.950. The van der Waals surface area contributed by atoms with Gasteiger partial charge in [0.2, 0.25) is 5.89 Å². The van der Waals surface area contributed by atoms with E-state index in [4.69, 9.17) is 4.52 Å². The summed E-state index contributed by atoms with van der Waals surface area (Å²) >= 11 is 0.